The van der Waals surface area contributed by atoms with Crippen LogP contribution in [0.15, 0.2) is 35.6 Å². The van der Waals surface area contributed by atoms with Crippen molar-refractivity contribution in [2.45, 2.75) is 0 Å². The van der Waals surface area contributed by atoms with Gasteiger partial charge in [0.1, 0.15) is 16.6 Å². The Morgan fingerprint density at radius 3 is 2.88 bits per heavy atom. The van der Waals surface area contributed by atoms with Gasteiger partial charge in [-0.15, -0.1) is 0 Å². The molecule has 80 valence electrons. The Morgan fingerprint density at radius 2 is 2.12 bits per heavy atom. The number of rotatable bonds is 1. The van der Waals surface area contributed by atoms with E-state index in [-0.39, 0.29) is 0 Å². The molecule has 0 fully saturated rings. The van der Waals surface area contributed by atoms with Crippen LogP contribution in [-0.2, 0) is 7.05 Å². The van der Waals surface area contributed by atoms with Crippen LogP contribution in [-0.4, -0.2) is 24.1 Å². The maximum absolute atomic E-state index is 4.36. The van der Waals surface area contributed by atoms with Gasteiger partial charge in [0.15, 0.2) is 0 Å². The highest BCUT2D eigenvalue weighted by Crippen LogP contribution is 2.19. The van der Waals surface area contributed by atoms with E-state index in [2.05, 4.69) is 31.0 Å². The average Bonchev–Trinajstić information content (AvgIpc) is 2.86. The summed E-state index contributed by atoms with van der Waals surface area (Å²) >= 11 is 3.40. The number of nitrogens with zero attached hydrogens (tertiary/aromatic N) is 5. The number of aromatic nitrogens is 5. The Morgan fingerprint density at radius 1 is 1.25 bits per heavy atom. The first-order valence-corrected chi connectivity index (χ1v) is 5.51. The molecule has 6 heteroatoms. The topological polar surface area (TPSA) is 48.0 Å². The molecular weight excluding hydrogens is 270 g/mol. The van der Waals surface area contributed by atoms with Crippen molar-refractivity contribution >= 4 is 21.6 Å². The summed E-state index contributed by atoms with van der Waals surface area (Å²) in [6, 6.07) is 1.93. The normalized spacial score (nSPS) is 11.1. The minimum Gasteiger partial charge on any atom is -0.277 e. The van der Waals surface area contributed by atoms with Gasteiger partial charge in [-0.1, -0.05) is 0 Å². The van der Waals surface area contributed by atoms with Gasteiger partial charge in [0.05, 0.1) is 18.1 Å². The van der Waals surface area contributed by atoms with Crippen LogP contribution in [0.2, 0.25) is 0 Å². The number of aryl methyl sites for hydroxylation is 1. The molecule has 0 amide bonds. The lowest BCUT2D eigenvalue weighted by Gasteiger charge is -1.98. The fourth-order valence-electron chi connectivity index (χ4n) is 1.57. The lowest BCUT2D eigenvalue weighted by molar-refractivity contribution is 0.768. The first kappa shape index (κ1) is 9.53. The second-order valence-corrected chi connectivity index (χ2v) is 4.30. The van der Waals surface area contributed by atoms with E-state index in [9.17, 15) is 0 Å². The molecule has 16 heavy (non-hydrogen) atoms. The lowest BCUT2D eigenvalue weighted by Crippen LogP contribution is -1.90. The van der Waals surface area contributed by atoms with Crippen molar-refractivity contribution < 1.29 is 0 Å². The Bertz CT molecular complexity index is 654. The third-order valence-electron chi connectivity index (χ3n) is 2.36. The van der Waals surface area contributed by atoms with E-state index in [4.69, 9.17) is 0 Å². The molecular formula is C10H8BrN5. The monoisotopic (exact) mass is 277 g/mol. The molecule has 0 aliphatic rings. The Labute approximate surface area is 99.9 Å². The lowest BCUT2D eigenvalue weighted by atomic mass is 10.2. The number of imidazole rings is 1. The summed E-state index contributed by atoms with van der Waals surface area (Å²) in [5.41, 5.74) is 2.73. The zero-order chi connectivity index (χ0) is 11.1. The zero-order valence-electron chi connectivity index (χ0n) is 8.50. The van der Waals surface area contributed by atoms with Gasteiger partial charge in [0, 0.05) is 24.9 Å². The second-order valence-electron chi connectivity index (χ2n) is 3.49. The predicted octanol–water partition coefficient (Wildman–Crippen LogP) is 1.89. The van der Waals surface area contributed by atoms with E-state index in [0.29, 0.717) is 0 Å². The van der Waals surface area contributed by atoms with Crippen LogP contribution in [0.5, 0.6) is 0 Å². The molecule has 0 atom stereocenters. The summed E-state index contributed by atoms with van der Waals surface area (Å²) in [6.45, 7) is 0. The van der Waals surface area contributed by atoms with Gasteiger partial charge in [0.25, 0.3) is 0 Å². The molecule has 5 nitrogen and oxygen atoms in total. The molecule has 0 aliphatic carbocycles. The maximum atomic E-state index is 4.36. The van der Waals surface area contributed by atoms with Gasteiger partial charge in [-0.2, -0.15) is 5.10 Å². The highest BCUT2D eigenvalue weighted by Gasteiger charge is 2.05. The maximum Gasteiger partial charge on any atom is 0.140 e. The summed E-state index contributed by atoms with van der Waals surface area (Å²) in [7, 11) is 1.88. The van der Waals surface area contributed by atoms with Crippen LogP contribution in [0.4, 0.5) is 0 Å². The summed E-state index contributed by atoms with van der Waals surface area (Å²) in [4.78, 5) is 8.62. The van der Waals surface area contributed by atoms with Crippen LogP contribution in [0, 0.1) is 0 Å². The molecule has 3 heterocycles. The van der Waals surface area contributed by atoms with Gasteiger partial charge in [-0.05, 0) is 15.9 Å². The zero-order valence-corrected chi connectivity index (χ0v) is 10.1. The molecule has 3 aromatic heterocycles. The predicted molar refractivity (Wildman–Crippen MR) is 62.9 cm³/mol. The highest BCUT2D eigenvalue weighted by molar-refractivity contribution is 9.10. The smallest absolute Gasteiger partial charge is 0.140 e. The summed E-state index contributed by atoms with van der Waals surface area (Å²) in [5, 5.41) is 4.12. The van der Waals surface area contributed by atoms with Gasteiger partial charge < -0.3 is 0 Å². The quantitative estimate of drug-likeness (QED) is 0.683. The van der Waals surface area contributed by atoms with E-state index in [1.807, 2.05) is 23.7 Å². The minimum atomic E-state index is 0.862. The molecule has 0 unspecified atom stereocenters. The van der Waals surface area contributed by atoms with Crippen molar-refractivity contribution in [3.05, 3.63) is 35.6 Å². The number of hydrogen-bond acceptors (Lipinski definition) is 3. The van der Waals surface area contributed by atoms with Gasteiger partial charge in [0.2, 0.25) is 0 Å². The van der Waals surface area contributed by atoms with Crippen LogP contribution >= 0.6 is 15.9 Å². The molecule has 0 aliphatic heterocycles. The third-order valence-corrected chi connectivity index (χ3v) is 2.95. The second kappa shape index (κ2) is 3.41. The van der Waals surface area contributed by atoms with Gasteiger partial charge in [-0.25, -0.2) is 9.97 Å². The standard InChI is InChI=1S/C10H8BrN5/c1-15-5-7(3-14-15)8-2-10-12-4-9(11)16(10)6-13-8/h2-6H,1H3. The van der Waals surface area contributed by atoms with E-state index in [1.165, 1.54) is 0 Å². The van der Waals surface area contributed by atoms with E-state index >= 15 is 0 Å². The molecule has 0 saturated heterocycles. The van der Waals surface area contributed by atoms with Crippen molar-refractivity contribution in [3.8, 4) is 11.3 Å². The van der Waals surface area contributed by atoms with Crippen LogP contribution in [0.1, 0.15) is 0 Å². The largest absolute Gasteiger partial charge is 0.277 e. The molecule has 0 spiro atoms. The number of halogens is 1. The van der Waals surface area contributed by atoms with E-state index in [0.717, 1.165) is 21.5 Å². The highest BCUT2D eigenvalue weighted by atomic mass is 79.9. The van der Waals surface area contributed by atoms with Crippen molar-refractivity contribution in [1.29, 1.82) is 0 Å². The molecule has 3 rings (SSSR count). The fraction of sp³-hybridized carbons (Fsp3) is 0.100. The molecule has 0 aromatic carbocycles. The van der Waals surface area contributed by atoms with Gasteiger partial charge in [-0.3, -0.25) is 9.08 Å². The SMILES string of the molecule is Cn1cc(-c2cc3ncc(Br)n3cn2)cn1. The van der Waals surface area contributed by atoms with Crippen molar-refractivity contribution in [2.24, 2.45) is 7.05 Å². The third kappa shape index (κ3) is 1.42. The molecule has 0 radical (unpaired) electrons. The first-order chi connectivity index (χ1) is 7.74. The van der Waals surface area contributed by atoms with E-state index < -0.39 is 0 Å². The fourth-order valence-corrected chi connectivity index (χ4v) is 1.94. The van der Waals surface area contributed by atoms with Crippen LogP contribution in [0.25, 0.3) is 16.9 Å². The van der Waals surface area contributed by atoms with Crippen molar-refractivity contribution in [2.75, 3.05) is 0 Å². The number of hydrogen-bond donors (Lipinski definition) is 0. The summed E-state index contributed by atoms with van der Waals surface area (Å²) < 4.78 is 4.52. The molecule has 0 N–H and O–H groups in total. The molecule has 3 aromatic rings. The van der Waals surface area contributed by atoms with Crippen LogP contribution in [0.3, 0.4) is 0 Å². The Hall–Kier alpha value is -1.69. The Kier molecular flexibility index (Phi) is 2.03. The molecule has 0 saturated carbocycles. The van der Waals surface area contributed by atoms with Gasteiger partial charge >= 0.3 is 0 Å². The number of fused-ring (bicyclic) bond motifs is 1. The van der Waals surface area contributed by atoms with Crippen molar-refractivity contribution in [3.63, 3.8) is 0 Å². The van der Waals surface area contributed by atoms with E-state index in [1.54, 1.807) is 23.4 Å². The average molecular weight is 278 g/mol. The Balaban J connectivity index is 2.18. The minimum absolute atomic E-state index is 0.862. The van der Waals surface area contributed by atoms with Crippen LogP contribution < -0.4 is 0 Å². The summed E-state index contributed by atoms with van der Waals surface area (Å²) in [5.74, 6) is 0. The summed E-state index contributed by atoms with van der Waals surface area (Å²) in [6.07, 6.45) is 7.21. The molecule has 0 bridgehead atoms. The van der Waals surface area contributed by atoms with Crippen molar-refractivity contribution in [1.82, 2.24) is 24.1 Å². The first-order valence-electron chi connectivity index (χ1n) is 4.71.